The average molecular weight is 375 g/mol. The van der Waals surface area contributed by atoms with E-state index in [0.29, 0.717) is 12.3 Å². The van der Waals surface area contributed by atoms with Crippen LogP contribution in [0.25, 0.3) is 22.9 Å². The van der Waals surface area contributed by atoms with Crippen molar-refractivity contribution in [2.24, 2.45) is 0 Å². The summed E-state index contributed by atoms with van der Waals surface area (Å²) in [6, 6.07) is 9.30. The van der Waals surface area contributed by atoms with Gasteiger partial charge in [0.15, 0.2) is 0 Å². The molecule has 0 amide bonds. The first-order valence-corrected chi connectivity index (χ1v) is 10.8. The van der Waals surface area contributed by atoms with Crippen molar-refractivity contribution in [3.05, 3.63) is 58.7 Å². The van der Waals surface area contributed by atoms with Gasteiger partial charge in [0.1, 0.15) is 0 Å². The molecule has 0 heterocycles. The molecular weight excluding hydrogens is 344 g/mol. The van der Waals surface area contributed by atoms with Crippen molar-refractivity contribution < 1.29 is 9.53 Å². The number of carbonyl (C=O) groups excluding carboxylic acids is 1. The lowest BCUT2D eigenvalue weighted by molar-refractivity contribution is -0.140. The van der Waals surface area contributed by atoms with E-state index in [0.717, 1.165) is 25.7 Å². The molecule has 2 nitrogen and oxygen atoms in total. The fraction of sp³-hybridized carbons (Fsp3) is 0.423. The van der Waals surface area contributed by atoms with Crippen LogP contribution in [0.2, 0.25) is 0 Å². The third-order valence-electron chi connectivity index (χ3n) is 6.25. The van der Waals surface area contributed by atoms with Gasteiger partial charge in [0.2, 0.25) is 0 Å². The maximum atomic E-state index is 11.1. The lowest BCUT2D eigenvalue weighted by atomic mass is 9.78. The van der Waals surface area contributed by atoms with Gasteiger partial charge in [0.05, 0.1) is 7.11 Å². The van der Waals surface area contributed by atoms with Crippen LogP contribution in [0.3, 0.4) is 0 Å². The molecule has 0 aliphatic heterocycles. The lowest BCUT2D eigenvalue weighted by Crippen LogP contribution is -2.07. The first kappa shape index (κ1) is 19.0. The molecule has 0 saturated carbocycles. The first-order chi connectivity index (χ1) is 13.8. The summed E-state index contributed by atoms with van der Waals surface area (Å²) in [5.41, 5.74) is 5.83. The Hall–Kier alpha value is -2.35. The Bertz CT molecular complexity index is 920. The molecule has 2 aliphatic rings. The Morgan fingerprint density at radius 3 is 2.61 bits per heavy atom. The van der Waals surface area contributed by atoms with E-state index in [-0.39, 0.29) is 5.97 Å². The van der Waals surface area contributed by atoms with E-state index < -0.39 is 0 Å². The number of methoxy groups -OCH3 is 1. The molecule has 146 valence electrons. The molecule has 0 radical (unpaired) electrons. The molecular formula is C26H30O2. The van der Waals surface area contributed by atoms with Crippen LogP contribution in [-0.4, -0.2) is 13.1 Å². The first-order valence-electron chi connectivity index (χ1n) is 10.8. The van der Waals surface area contributed by atoms with E-state index in [9.17, 15) is 4.79 Å². The van der Waals surface area contributed by atoms with Crippen LogP contribution in [0.4, 0.5) is 0 Å². The molecule has 0 N–H and O–H groups in total. The summed E-state index contributed by atoms with van der Waals surface area (Å²) < 4.78 is 4.69. The number of benzene rings is 2. The summed E-state index contributed by atoms with van der Waals surface area (Å²) in [7, 11) is 1.46. The van der Waals surface area contributed by atoms with Crippen molar-refractivity contribution in [2.45, 2.75) is 63.7 Å². The number of hydrogen-bond donors (Lipinski definition) is 0. The summed E-state index contributed by atoms with van der Waals surface area (Å²) in [6.07, 6.45) is 19.2. The van der Waals surface area contributed by atoms with Crippen molar-refractivity contribution in [2.75, 3.05) is 7.11 Å². The highest BCUT2D eigenvalue weighted by molar-refractivity contribution is 6.00. The number of aryl methyl sites for hydroxylation is 1. The van der Waals surface area contributed by atoms with Crippen LogP contribution < -0.4 is 0 Å². The van der Waals surface area contributed by atoms with Gasteiger partial charge in [-0.1, -0.05) is 74.3 Å². The molecule has 1 unspecified atom stereocenters. The van der Waals surface area contributed by atoms with Crippen LogP contribution in [0, 0.1) is 0 Å². The van der Waals surface area contributed by atoms with Gasteiger partial charge in [0, 0.05) is 12.3 Å². The van der Waals surface area contributed by atoms with Gasteiger partial charge in [0.25, 0.3) is 0 Å². The smallest absolute Gasteiger partial charge is 0.305 e. The minimum atomic E-state index is -0.0850. The van der Waals surface area contributed by atoms with Crippen molar-refractivity contribution >= 4 is 28.9 Å². The van der Waals surface area contributed by atoms with Crippen LogP contribution in [0.5, 0.6) is 0 Å². The monoisotopic (exact) mass is 374 g/mol. The average Bonchev–Trinajstić information content (AvgIpc) is 2.74. The number of hydrogen-bond acceptors (Lipinski definition) is 2. The Morgan fingerprint density at radius 2 is 1.75 bits per heavy atom. The van der Waals surface area contributed by atoms with Gasteiger partial charge in [-0.2, -0.15) is 0 Å². The van der Waals surface area contributed by atoms with Crippen molar-refractivity contribution in [1.82, 2.24) is 0 Å². The molecule has 0 bridgehead atoms. The van der Waals surface area contributed by atoms with Crippen LogP contribution in [0.1, 0.15) is 79.5 Å². The molecule has 0 spiro atoms. The number of allylic oxidation sites excluding steroid dienone is 2. The van der Waals surface area contributed by atoms with Gasteiger partial charge < -0.3 is 4.74 Å². The number of carbonyl (C=O) groups is 1. The number of esters is 1. The van der Waals surface area contributed by atoms with Gasteiger partial charge in [-0.15, -0.1) is 0 Å². The summed E-state index contributed by atoms with van der Waals surface area (Å²) >= 11 is 0. The maximum absolute atomic E-state index is 11.1. The number of unbranched alkanes of at least 4 members (excludes halogenated alkanes) is 5. The molecule has 0 saturated heterocycles. The summed E-state index contributed by atoms with van der Waals surface area (Å²) in [4.78, 5) is 11.1. The van der Waals surface area contributed by atoms with E-state index in [4.69, 9.17) is 0 Å². The second-order valence-corrected chi connectivity index (χ2v) is 8.11. The molecule has 4 rings (SSSR count). The van der Waals surface area contributed by atoms with E-state index in [1.54, 1.807) is 5.56 Å². The van der Waals surface area contributed by atoms with Gasteiger partial charge >= 0.3 is 5.97 Å². The Kier molecular flexibility index (Phi) is 5.95. The normalized spacial score (nSPS) is 16.5. The Morgan fingerprint density at radius 1 is 0.964 bits per heavy atom. The maximum Gasteiger partial charge on any atom is 0.305 e. The molecule has 2 aliphatic carbocycles. The largest absolute Gasteiger partial charge is 0.469 e. The quantitative estimate of drug-likeness (QED) is 0.356. The second-order valence-electron chi connectivity index (χ2n) is 8.11. The fourth-order valence-electron chi connectivity index (χ4n) is 4.73. The second kappa shape index (κ2) is 8.77. The zero-order chi connectivity index (χ0) is 19.3. The standard InChI is InChI=1S/C26H30O2/c1-28-24(27)12-7-5-3-2-4-6-9-19-13-14-22-16-15-20-10-8-11-21-17-18-23(19)26(22)25(20)21/h8,11,13-18,20H,2-7,9-10,12H2,1H3. The Balaban J connectivity index is 1.35. The third kappa shape index (κ3) is 3.92. The van der Waals surface area contributed by atoms with Crippen LogP contribution in [0.15, 0.2) is 36.4 Å². The number of ether oxygens (including phenoxy) is 1. The zero-order valence-corrected chi connectivity index (χ0v) is 16.9. The van der Waals surface area contributed by atoms with Crippen molar-refractivity contribution in [1.29, 1.82) is 0 Å². The van der Waals surface area contributed by atoms with E-state index in [2.05, 4.69) is 53.3 Å². The zero-order valence-electron chi connectivity index (χ0n) is 16.9. The minimum Gasteiger partial charge on any atom is -0.469 e. The molecule has 0 fully saturated rings. The highest BCUT2D eigenvalue weighted by Gasteiger charge is 2.22. The SMILES string of the molecule is COC(=O)CCCCCCCCc1ccc2c3c4c(ccc13)C=CCC4C=C2. The summed E-state index contributed by atoms with van der Waals surface area (Å²) in [5.74, 6) is 0.467. The third-order valence-corrected chi connectivity index (χ3v) is 6.25. The van der Waals surface area contributed by atoms with Crippen molar-refractivity contribution in [3.8, 4) is 0 Å². The van der Waals surface area contributed by atoms with Crippen molar-refractivity contribution in [3.63, 3.8) is 0 Å². The summed E-state index contributed by atoms with van der Waals surface area (Å²) in [5, 5.41) is 2.95. The molecule has 2 aromatic carbocycles. The highest BCUT2D eigenvalue weighted by Crippen LogP contribution is 2.42. The molecule has 1 atom stereocenters. The summed E-state index contributed by atoms with van der Waals surface area (Å²) in [6.45, 7) is 0. The highest BCUT2D eigenvalue weighted by atomic mass is 16.5. The van der Waals surface area contributed by atoms with Gasteiger partial charge in [-0.3, -0.25) is 4.79 Å². The Labute approximate surface area is 168 Å². The molecule has 2 aromatic rings. The molecule has 0 aromatic heterocycles. The lowest BCUT2D eigenvalue weighted by Gasteiger charge is -2.26. The van der Waals surface area contributed by atoms with Crippen LogP contribution >= 0.6 is 0 Å². The molecule has 28 heavy (non-hydrogen) atoms. The van der Waals surface area contributed by atoms with E-state index in [1.165, 1.54) is 60.3 Å². The van der Waals surface area contributed by atoms with Gasteiger partial charge in [-0.25, -0.2) is 0 Å². The van der Waals surface area contributed by atoms with E-state index >= 15 is 0 Å². The minimum absolute atomic E-state index is 0.0850. The predicted molar refractivity (Wildman–Crippen MR) is 117 cm³/mol. The predicted octanol–water partition coefficient (Wildman–Crippen LogP) is 6.81. The van der Waals surface area contributed by atoms with E-state index in [1.807, 2.05) is 0 Å². The van der Waals surface area contributed by atoms with Gasteiger partial charge in [-0.05, 0) is 58.7 Å². The van der Waals surface area contributed by atoms with Crippen LogP contribution in [-0.2, 0) is 16.0 Å². The number of rotatable bonds is 9. The fourth-order valence-corrected chi connectivity index (χ4v) is 4.73. The topological polar surface area (TPSA) is 26.3 Å². The molecule has 2 heteroatoms.